The largest absolute Gasteiger partial charge is 0.485 e. The number of allylic oxidation sites excluding steroid dienone is 2. The number of nitrogens with one attached hydrogen (secondary N) is 1. The first-order chi connectivity index (χ1) is 13.7. The highest BCUT2D eigenvalue weighted by Crippen LogP contribution is 2.35. The lowest BCUT2D eigenvalue weighted by atomic mass is 10.1. The van der Waals surface area contributed by atoms with Gasteiger partial charge in [0.2, 0.25) is 0 Å². The molecule has 3 aromatic rings. The van der Waals surface area contributed by atoms with E-state index in [0.717, 1.165) is 28.5 Å². The highest BCUT2D eigenvalue weighted by atomic mass is 16.5. The molecule has 28 heavy (non-hydrogen) atoms. The SMILES string of the molecule is C=C/C=C(\C=C)COc1cc2[nH]cc(CCN)c2cc1OCc1ccccc1. The van der Waals surface area contributed by atoms with Crippen molar-refractivity contribution in [1.82, 2.24) is 4.98 Å². The van der Waals surface area contributed by atoms with Crippen molar-refractivity contribution in [3.8, 4) is 11.5 Å². The van der Waals surface area contributed by atoms with Gasteiger partial charge in [0.25, 0.3) is 0 Å². The van der Waals surface area contributed by atoms with Crippen LogP contribution < -0.4 is 15.2 Å². The Morgan fingerprint density at radius 2 is 1.86 bits per heavy atom. The van der Waals surface area contributed by atoms with Crippen LogP contribution in [0.1, 0.15) is 11.1 Å². The number of ether oxygens (including phenoxy) is 2. The standard InChI is InChI=1S/C24H26N2O2/c1-3-8-18(4-2)16-27-24-14-22-21(20(11-12-25)15-26-22)13-23(24)28-17-19-9-6-5-7-10-19/h3-10,13-15,26H,1-2,11-12,16-17,25H2/b18-8+. The van der Waals surface area contributed by atoms with Gasteiger partial charge in [-0.25, -0.2) is 0 Å². The molecule has 0 radical (unpaired) electrons. The normalized spacial score (nSPS) is 11.4. The zero-order chi connectivity index (χ0) is 19.8. The second-order valence-electron chi connectivity index (χ2n) is 6.44. The molecule has 0 amide bonds. The Balaban J connectivity index is 1.90. The highest BCUT2D eigenvalue weighted by molar-refractivity contribution is 5.86. The minimum Gasteiger partial charge on any atom is -0.485 e. The first-order valence-electron chi connectivity index (χ1n) is 9.32. The maximum absolute atomic E-state index is 6.12. The Hall–Kier alpha value is -3.24. The molecule has 4 nitrogen and oxygen atoms in total. The molecule has 0 aliphatic carbocycles. The minimum atomic E-state index is 0.388. The van der Waals surface area contributed by atoms with Crippen LogP contribution in [-0.2, 0) is 13.0 Å². The fourth-order valence-electron chi connectivity index (χ4n) is 3.00. The minimum absolute atomic E-state index is 0.388. The second kappa shape index (κ2) is 9.62. The Bertz CT molecular complexity index is 971. The summed E-state index contributed by atoms with van der Waals surface area (Å²) in [5.41, 5.74) is 9.96. The van der Waals surface area contributed by atoms with E-state index in [9.17, 15) is 0 Å². The Kier molecular flexibility index (Phi) is 6.71. The van der Waals surface area contributed by atoms with Crippen molar-refractivity contribution in [3.63, 3.8) is 0 Å². The monoisotopic (exact) mass is 374 g/mol. The Morgan fingerprint density at radius 1 is 1.07 bits per heavy atom. The van der Waals surface area contributed by atoms with Crippen molar-refractivity contribution in [2.24, 2.45) is 5.73 Å². The number of rotatable bonds is 10. The molecule has 144 valence electrons. The quantitative estimate of drug-likeness (QED) is 0.495. The van der Waals surface area contributed by atoms with Gasteiger partial charge in [-0.1, -0.05) is 61.7 Å². The smallest absolute Gasteiger partial charge is 0.163 e. The summed E-state index contributed by atoms with van der Waals surface area (Å²) in [5, 5.41) is 1.10. The van der Waals surface area contributed by atoms with E-state index in [2.05, 4.69) is 18.1 Å². The maximum atomic E-state index is 6.12. The van der Waals surface area contributed by atoms with Gasteiger partial charge in [0.15, 0.2) is 11.5 Å². The van der Waals surface area contributed by atoms with Gasteiger partial charge in [-0.3, -0.25) is 0 Å². The fourth-order valence-corrected chi connectivity index (χ4v) is 3.00. The molecule has 0 saturated heterocycles. The molecule has 0 aliphatic heterocycles. The Labute approximate surface area is 166 Å². The second-order valence-corrected chi connectivity index (χ2v) is 6.44. The molecule has 2 aromatic carbocycles. The zero-order valence-corrected chi connectivity index (χ0v) is 16.0. The van der Waals surface area contributed by atoms with Crippen LogP contribution in [0.25, 0.3) is 10.9 Å². The van der Waals surface area contributed by atoms with E-state index in [-0.39, 0.29) is 0 Å². The summed E-state index contributed by atoms with van der Waals surface area (Å²) in [5.74, 6) is 1.39. The number of aromatic amines is 1. The van der Waals surface area contributed by atoms with Crippen LogP contribution in [0, 0.1) is 0 Å². The first-order valence-corrected chi connectivity index (χ1v) is 9.32. The predicted octanol–water partition coefficient (Wildman–Crippen LogP) is 4.93. The molecule has 1 heterocycles. The third kappa shape index (κ3) is 4.72. The van der Waals surface area contributed by atoms with E-state index in [1.807, 2.05) is 54.7 Å². The predicted molar refractivity (Wildman–Crippen MR) is 116 cm³/mol. The van der Waals surface area contributed by atoms with Gasteiger partial charge in [-0.15, -0.1) is 0 Å². The third-order valence-electron chi connectivity index (χ3n) is 4.47. The summed E-state index contributed by atoms with van der Waals surface area (Å²) in [6, 6.07) is 14.1. The number of fused-ring (bicyclic) bond motifs is 1. The van der Waals surface area contributed by atoms with Gasteiger partial charge in [-0.05, 0) is 35.7 Å². The summed E-state index contributed by atoms with van der Waals surface area (Å²) in [7, 11) is 0. The average Bonchev–Trinajstić information content (AvgIpc) is 3.12. The summed E-state index contributed by atoms with van der Waals surface area (Å²) >= 11 is 0. The number of nitrogens with two attached hydrogens (primary N) is 1. The molecule has 0 spiro atoms. The van der Waals surface area contributed by atoms with Crippen molar-refractivity contribution in [2.45, 2.75) is 13.0 Å². The summed E-state index contributed by atoms with van der Waals surface area (Å²) in [6.07, 6.45) is 8.17. The van der Waals surface area contributed by atoms with Crippen LogP contribution in [-0.4, -0.2) is 18.1 Å². The summed E-state index contributed by atoms with van der Waals surface area (Å²) in [4.78, 5) is 3.30. The van der Waals surface area contributed by atoms with Crippen molar-refractivity contribution < 1.29 is 9.47 Å². The van der Waals surface area contributed by atoms with Crippen LogP contribution >= 0.6 is 0 Å². The molecule has 0 unspecified atom stereocenters. The number of benzene rings is 2. The molecule has 0 fully saturated rings. The van der Waals surface area contributed by atoms with E-state index in [1.165, 1.54) is 5.56 Å². The molecule has 3 rings (SSSR count). The highest BCUT2D eigenvalue weighted by Gasteiger charge is 2.12. The van der Waals surface area contributed by atoms with Crippen LogP contribution in [0.3, 0.4) is 0 Å². The molecule has 0 atom stereocenters. The molecular weight excluding hydrogens is 348 g/mol. The van der Waals surface area contributed by atoms with E-state index in [0.29, 0.717) is 31.3 Å². The summed E-state index contributed by atoms with van der Waals surface area (Å²) < 4.78 is 12.2. The fraction of sp³-hybridized carbons (Fsp3) is 0.167. The lowest BCUT2D eigenvalue weighted by molar-refractivity contribution is 0.274. The van der Waals surface area contributed by atoms with Crippen LogP contribution in [0.15, 0.2) is 85.6 Å². The van der Waals surface area contributed by atoms with Crippen LogP contribution in [0.2, 0.25) is 0 Å². The van der Waals surface area contributed by atoms with Gasteiger partial charge in [-0.2, -0.15) is 0 Å². The number of aromatic nitrogens is 1. The first kappa shape index (κ1) is 19.5. The lowest BCUT2D eigenvalue weighted by Gasteiger charge is -2.14. The van der Waals surface area contributed by atoms with Crippen molar-refractivity contribution in [2.75, 3.05) is 13.2 Å². The Morgan fingerprint density at radius 3 is 2.57 bits per heavy atom. The van der Waals surface area contributed by atoms with Crippen molar-refractivity contribution in [3.05, 3.63) is 96.7 Å². The van der Waals surface area contributed by atoms with Crippen LogP contribution in [0.5, 0.6) is 11.5 Å². The summed E-state index contributed by atoms with van der Waals surface area (Å²) in [6.45, 7) is 9.00. The van der Waals surface area contributed by atoms with Gasteiger partial charge in [0, 0.05) is 23.2 Å². The number of hydrogen-bond donors (Lipinski definition) is 2. The average molecular weight is 374 g/mol. The van der Waals surface area contributed by atoms with E-state index in [4.69, 9.17) is 15.2 Å². The molecule has 1 aromatic heterocycles. The van der Waals surface area contributed by atoms with E-state index < -0.39 is 0 Å². The van der Waals surface area contributed by atoms with Gasteiger partial charge in [0.05, 0.1) is 0 Å². The third-order valence-corrected chi connectivity index (χ3v) is 4.47. The van der Waals surface area contributed by atoms with Crippen LogP contribution in [0.4, 0.5) is 0 Å². The molecule has 0 aliphatic rings. The molecule has 0 saturated carbocycles. The van der Waals surface area contributed by atoms with Gasteiger partial charge in [0.1, 0.15) is 13.2 Å². The lowest BCUT2D eigenvalue weighted by Crippen LogP contribution is -2.04. The topological polar surface area (TPSA) is 60.3 Å². The van der Waals surface area contributed by atoms with E-state index >= 15 is 0 Å². The van der Waals surface area contributed by atoms with Gasteiger partial charge < -0.3 is 20.2 Å². The van der Waals surface area contributed by atoms with Crippen molar-refractivity contribution >= 4 is 10.9 Å². The maximum Gasteiger partial charge on any atom is 0.163 e. The molecule has 0 bridgehead atoms. The van der Waals surface area contributed by atoms with Crippen molar-refractivity contribution in [1.29, 1.82) is 0 Å². The number of H-pyrrole nitrogens is 1. The number of hydrogen-bond acceptors (Lipinski definition) is 3. The van der Waals surface area contributed by atoms with Gasteiger partial charge >= 0.3 is 0 Å². The molecule has 4 heteroatoms. The molecular formula is C24H26N2O2. The zero-order valence-electron chi connectivity index (χ0n) is 16.0. The van der Waals surface area contributed by atoms with E-state index in [1.54, 1.807) is 12.2 Å². The molecule has 3 N–H and O–H groups in total.